The van der Waals surface area contributed by atoms with E-state index in [-0.39, 0.29) is 12.5 Å². The first-order valence-corrected chi connectivity index (χ1v) is 36.3. The monoisotopic (exact) mass is 1200 g/mol. The van der Waals surface area contributed by atoms with E-state index in [0.29, 0.717) is 12.8 Å². The van der Waals surface area contributed by atoms with Gasteiger partial charge in [0.1, 0.15) is 48.8 Å². The molecule has 84 heavy (non-hydrogen) atoms. The van der Waals surface area contributed by atoms with E-state index in [9.17, 15) is 45.6 Å². The molecule has 0 aromatic rings. The number of aliphatic hydroxyl groups is 8. The fraction of sp³-hybridized carbons (Fsp3) is 0.986. The molecule has 0 aromatic heterocycles. The molecule has 14 nitrogen and oxygen atoms in total. The first-order valence-electron chi connectivity index (χ1n) is 36.3. The zero-order chi connectivity index (χ0) is 60.9. The maximum atomic E-state index is 13.3. The van der Waals surface area contributed by atoms with Gasteiger partial charge in [0, 0.05) is 6.42 Å². The molecule has 0 bridgehead atoms. The van der Waals surface area contributed by atoms with Gasteiger partial charge in [-0.05, 0) is 12.8 Å². The quantitative estimate of drug-likeness (QED) is 0.0259. The molecule has 0 aromatic carbocycles. The molecular weight excluding hydrogens is 1060 g/mol. The van der Waals surface area contributed by atoms with E-state index in [1.165, 1.54) is 270 Å². The predicted octanol–water partition coefficient (Wildman–Crippen LogP) is 14.8. The molecular formula is C70H137NO13. The molecule has 2 aliphatic heterocycles. The first-order chi connectivity index (χ1) is 41.1. The molecule has 2 heterocycles. The van der Waals surface area contributed by atoms with Crippen LogP contribution in [0.15, 0.2) is 0 Å². The lowest BCUT2D eigenvalue weighted by Gasteiger charge is -2.46. The topological polar surface area (TPSA) is 228 Å². The van der Waals surface area contributed by atoms with Gasteiger partial charge in [0.15, 0.2) is 12.6 Å². The van der Waals surface area contributed by atoms with E-state index >= 15 is 0 Å². The highest BCUT2D eigenvalue weighted by Gasteiger charge is 2.51. The summed E-state index contributed by atoms with van der Waals surface area (Å²) in [5.41, 5.74) is 0. The number of carbonyl (C=O) groups is 1. The number of hydrogen-bond donors (Lipinski definition) is 9. The number of nitrogens with one attached hydrogen (secondary N) is 1. The molecule has 2 rings (SSSR count). The smallest absolute Gasteiger partial charge is 0.220 e. The second kappa shape index (κ2) is 56.0. The molecule has 500 valence electrons. The Labute approximate surface area is 514 Å². The molecule has 0 radical (unpaired) electrons. The van der Waals surface area contributed by atoms with Crippen molar-refractivity contribution in [2.24, 2.45) is 0 Å². The van der Waals surface area contributed by atoms with Crippen LogP contribution in [0.3, 0.4) is 0 Å². The summed E-state index contributed by atoms with van der Waals surface area (Å²) in [5, 5.41) is 87.6. The maximum absolute atomic E-state index is 13.3. The van der Waals surface area contributed by atoms with Crippen LogP contribution in [-0.4, -0.2) is 140 Å². The van der Waals surface area contributed by atoms with Gasteiger partial charge in [-0.25, -0.2) is 0 Å². The van der Waals surface area contributed by atoms with Crippen molar-refractivity contribution in [2.45, 2.75) is 421 Å². The third-order valence-corrected chi connectivity index (χ3v) is 18.3. The molecule has 0 saturated carbocycles. The zero-order valence-electron chi connectivity index (χ0n) is 54.4. The van der Waals surface area contributed by atoms with Gasteiger partial charge in [-0.3, -0.25) is 4.79 Å². The first kappa shape index (κ1) is 79.1. The summed E-state index contributed by atoms with van der Waals surface area (Å²) in [6, 6.07) is -0.824. The van der Waals surface area contributed by atoms with Crippen molar-refractivity contribution in [3.63, 3.8) is 0 Å². The van der Waals surface area contributed by atoms with Crippen LogP contribution in [0.5, 0.6) is 0 Å². The molecule has 1 amide bonds. The van der Waals surface area contributed by atoms with Gasteiger partial charge in [-0.2, -0.15) is 0 Å². The standard InChI is InChI=1S/C70H137NO13/c1-3-5-7-9-11-13-15-17-19-21-23-25-26-27-28-29-30-31-32-33-34-35-37-39-41-43-45-47-49-51-53-59(74)58(71-62(75)54-52-50-48-46-44-42-40-38-36-24-22-20-18-16-14-12-10-8-6-4-2)57-81-69-67(80)65(78)68(61(56-73)83-69)84-70-66(79)64(77)63(76)60(55-72)82-70/h58-61,63-70,72-74,76-80H,3-57H2,1-2H3,(H,71,75). The van der Waals surface area contributed by atoms with E-state index < -0.39 is 86.8 Å². The average molecular weight is 1200 g/mol. The number of amides is 1. The van der Waals surface area contributed by atoms with E-state index in [4.69, 9.17) is 18.9 Å². The number of rotatable bonds is 61. The summed E-state index contributed by atoms with van der Waals surface area (Å²) < 4.78 is 22.9. The highest BCUT2D eigenvalue weighted by molar-refractivity contribution is 5.76. The second-order valence-corrected chi connectivity index (χ2v) is 26.1. The third-order valence-electron chi connectivity index (χ3n) is 18.3. The van der Waals surface area contributed by atoms with E-state index in [2.05, 4.69) is 19.2 Å². The predicted molar refractivity (Wildman–Crippen MR) is 342 cm³/mol. The van der Waals surface area contributed by atoms with Crippen molar-refractivity contribution in [1.82, 2.24) is 5.32 Å². The van der Waals surface area contributed by atoms with Crippen molar-refractivity contribution in [3.05, 3.63) is 0 Å². The number of carbonyl (C=O) groups excluding carboxylic acids is 1. The molecule has 2 saturated heterocycles. The molecule has 12 atom stereocenters. The minimum Gasteiger partial charge on any atom is -0.394 e. The van der Waals surface area contributed by atoms with E-state index in [0.717, 1.165) is 51.4 Å². The second-order valence-electron chi connectivity index (χ2n) is 26.1. The lowest BCUT2D eigenvalue weighted by molar-refractivity contribution is -0.359. The molecule has 14 heteroatoms. The van der Waals surface area contributed by atoms with Gasteiger partial charge in [0.2, 0.25) is 5.91 Å². The van der Waals surface area contributed by atoms with Gasteiger partial charge in [0.25, 0.3) is 0 Å². The Hall–Kier alpha value is -1.01. The Bertz CT molecular complexity index is 1410. The van der Waals surface area contributed by atoms with Gasteiger partial charge < -0.3 is 65.1 Å². The third kappa shape index (κ3) is 39.9. The fourth-order valence-electron chi connectivity index (χ4n) is 12.5. The number of ether oxygens (including phenoxy) is 4. The summed E-state index contributed by atoms with van der Waals surface area (Å²) in [7, 11) is 0. The van der Waals surface area contributed by atoms with Crippen LogP contribution in [0.1, 0.15) is 348 Å². The van der Waals surface area contributed by atoms with Crippen LogP contribution >= 0.6 is 0 Å². The summed E-state index contributed by atoms with van der Waals surface area (Å²) in [6.07, 6.45) is 49.8. The van der Waals surface area contributed by atoms with Crippen molar-refractivity contribution in [3.8, 4) is 0 Å². The van der Waals surface area contributed by atoms with Gasteiger partial charge >= 0.3 is 0 Å². The fourth-order valence-corrected chi connectivity index (χ4v) is 12.5. The largest absolute Gasteiger partial charge is 0.394 e. The maximum Gasteiger partial charge on any atom is 0.220 e. The number of aliphatic hydroxyl groups excluding tert-OH is 8. The average Bonchev–Trinajstić information content (AvgIpc) is 3.64. The lowest BCUT2D eigenvalue weighted by Crippen LogP contribution is -2.65. The van der Waals surface area contributed by atoms with Gasteiger partial charge in [-0.1, -0.05) is 328 Å². The molecule has 2 aliphatic rings. The normalized spacial score (nSPS) is 23.5. The van der Waals surface area contributed by atoms with Crippen molar-refractivity contribution in [1.29, 1.82) is 0 Å². The van der Waals surface area contributed by atoms with Crippen LogP contribution in [0.25, 0.3) is 0 Å². The van der Waals surface area contributed by atoms with Gasteiger partial charge in [0.05, 0.1) is 32.0 Å². The summed E-state index contributed by atoms with van der Waals surface area (Å²) in [4.78, 5) is 13.3. The van der Waals surface area contributed by atoms with Crippen molar-refractivity contribution < 1.29 is 64.6 Å². The Morgan fingerprint density at radius 2 is 0.679 bits per heavy atom. The summed E-state index contributed by atoms with van der Waals surface area (Å²) >= 11 is 0. The molecule has 2 fully saturated rings. The zero-order valence-corrected chi connectivity index (χ0v) is 54.4. The minimum absolute atomic E-state index is 0.197. The SMILES string of the molecule is CCCCCCCCCCCCCCCCCCCCCCCCCCCCCCCCC(O)C(COC1OC(CO)C(OC2OC(CO)C(O)C(O)C2O)C(O)C1O)NC(=O)CCCCCCCCCCCCCCCCCCCCCC. The van der Waals surface area contributed by atoms with Gasteiger partial charge in [-0.15, -0.1) is 0 Å². The molecule has 0 spiro atoms. The van der Waals surface area contributed by atoms with Crippen LogP contribution in [0.2, 0.25) is 0 Å². The Kier molecular flexibility index (Phi) is 52.7. The van der Waals surface area contributed by atoms with Crippen LogP contribution in [-0.2, 0) is 23.7 Å². The van der Waals surface area contributed by atoms with E-state index in [1.54, 1.807) is 0 Å². The molecule has 12 unspecified atom stereocenters. The van der Waals surface area contributed by atoms with Crippen molar-refractivity contribution >= 4 is 5.91 Å². The van der Waals surface area contributed by atoms with Crippen LogP contribution in [0, 0.1) is 0 Å². The number of unbranched alkanes of at least 4 members (excludes halogenated alkanes) is 48. The highest BCUT2D eigenvalue weighted by Crippen LogP contribution is 2.30. The van der Waals surface area contributed by atoms with Crippen LogP contribution in [0.4, 0.5) is 0 Å². The van der Waals surface area contributed by atoms with Crippen LogP contribution < -0.4 is 5.32 Å². The Balaban J connectivity index is 1.64. The Morgan fingerprint density at radius 1 is 0.381 bits per heavy atom. The molecule has 0 aliphatic carbocycles. The molecule has 9 N–H and O–H groups in total. The highest BCUT2D eigenvalue weighted by atomic mass is 16.7. The number of hydrogen-bond acceptors (Lipinski definition) is 13. The lowest BCUT2D eigenvalue weighted by atomic mass is 9.97. The van der Waals surface area contributed by atoms with E-state index in [1.807, 2.05) is 0 Å². The Morgan fingerprint density at radius 3 is 1.01 bits per heavy atom. The minimum atomic E-state index is -1.78. The van der Waals surface area contributed by atoms with Crippen molar-refractivity contribution in [2.75, 3.05) is 19.8 Å². The summed E-state index contributed by atoms with van der Waals surface area (Å²) in [5.74, 6) is -0.197. The summed E-state index contributed by atoms with van der Waals surface area (Å²) in [6.45, 7) is 2.93.